The maximum atomic E-state index is 9.64. The molecule has 0 radical (unpaired) electrons. The molecule has 56 valence electrons. The molecule has 0 spiro atoms. The molecule has 0 amide bonds. The van der Waals surface area contributed by atoms with E-state index in [4.69, 9.17) is 0 Å². The third kappa shape index (κ3) is 11.9. The minimum atomic E-state index is -0.189. The van der Waals surface area contributed by atoms with Gasteiger partial charge in [-0.15, -0.1) is 0 Å². The van der Waals surface area contributed by atoms with Crippen LogP contribution in [0.4, 0.5) is 0 Å². The van der Waals surface area contributed by atoms with Gasteiger partial charge in [0.25, 0.3) is 0 Å². The van der Waals surface area contributed by atoms with Crippen molar-refractivity contribution < 1.29 is 26.2 Å². The summed E-state index contributed by atoms with van der Waals surface area (Å²) in [5, 5.41) is 0. The van der Waals surface area contributed by atoms with E-state index in [9.17, 15) is 4.57 Å². The van der Waals surface area contributed by atoms with Crippen LogP contribution in [0.15, 0.2) is 0 Å². The Morgan fingerprint density at radius 2 is 2.11 bits per heavy atom. The van der Waals surface area contributed by atoms with Crippen molar-refractivity contribution in [2.45, 2.75) is 26.2 Å². The molecular formula is C5H11FeO2P. The van der Waals surface area contributed by atoms with Crippen LogP contribution in [0.5, 0.6) is 0 Å². The van der Waals surface area contributed by atoms with Crippen molar-refractivity contribution in [2.75, 3.05) is 6.61 Å². The van der Waals surface area contributed by atoms with E-state index < -0.39 is 0 Å². The second kappa shape index (κ2) is 11.4. The van der Waals surface area contributed by atoms with Crippen LogP contribution in [0.25, 0.3) is 0 Å². The molecule has 9 heavy (non-hydrogen) atoms. The molecule has 4 heteroatoms. The van der Waals surface area contributed by atoms with Gasteiger partial charge in [0.15, 0.2) is 0 Å². The predicted octanol–water partition coefficient (Wildman–Crippen LogP) is 2.40. The SMILES string of the molecule is CCCCCOP=O.[Fe]. The van der Waals surface area contributed by atoms with Gasteiger partial charge in [-0.1, -0.05) is 19.8 Å². The van der Waals surface area contributed by atoms with Gasteiger partial charge in [0.05, 0.1) is 6.61 Å². The molecule has 0 saturated heterocycles. The van der Waals surface area contributed by atoms with Gasteiger partial charge in [0, 0.05) is 17.1 Å². The van der Waals surface area contributed by atoms with Gasteiger partial charge >= 0.3 is 8.69 Å². The average molecular weight is 190 g/mol. The van der Waals surface area contributed by atoms with Crippen LogP contribution in [0.3, 0.4) is 0 Å². The van der Waals surface area contributed by atoms with Crippen molar-refractivity contribution in [3.05, 3.63) is 0 Å². The van der Waals surface area contributed by atoms with Crippen molar-refractivity contribution >= 4 is 8.69 Å². The third-order valence-corrected chi connectivity index (χ3v) is 1.18. The monoisotopic (exact) mass is 190 g/mol. The van der Waals surface area contributed by atoms with Crippen LogP contribution in [0.2, 0.25) is 0 Å². The molecule has 0 aromatic carbocycles. The summed E-state index contributed by atoms with van der Waals surface area (Å²) in [6.45, 7) is 2.74. The summed E-state index contributed by atoms with van der Waals surface area (Å²) in [6, 6.07) is 0. The number of rotatable bonds is 5. The molecule has 2 nitrogen and oxygen atoms in total. The van der Waals surface area contributed by atoms with E-state index in [1.165, 1.54) is 6.42 Å². The smallest absolute Gasteiger partial charge is 0.294 e. The van der Waals surface area contributed by atoms with E-state index in [0.29, 0.717) is 6.61 Å². The standard InChI is InChI=1S/C5H11O2P.Fe/c1-2-3-4-5-7-8-6;/h2-5H2,1H3;. The molecule has 0 aliphatic heterocycles. The summed E-state index contributed by atoms with van der Waals surface area (Å²) >= 11 is 0. The molecule has 0 N–H and O–H groups in total. The molecule has 0 saturated carbocycles. The van der Waals surface area contributed by atoms with Crippen LogP contribution in [-0.4, -0.2) is 6.61 Å². The minimum absolute atomic E-state index is 0. The fourth-order valence-corrected chi connectivity index (χ4v) is 0.658. The molecular weight excluding hydrogens is 179 g/mol. The Morgan fingerprint density at radius 1 is 1.44 bits per heavy atom. The van der Waals surface area contributed by atoms with Crippen LogP contribution in [-0.2, 0) is 26.2 Å². The quantitative estimate of drug-likeness (QED) is 0.378. The first-order valence-electron chi connectivity index (χ1n) is 2.86. The van der Waals surface area contributed by atoms with Crippen molar-refractivity contribution in [1.29, 1.82) is 0 Å². The molecule has 0 aliphatic carbocycles. The Hall–Kier alpha value is 0.579. The van der Waals surface area contributed by atoms with Crippen LogP contribution < -0.4 is 0 Å². The van der Waals surface area contributed by atoms with Gasteiger partial charge in [-0.05, 0) is 6.42 Å². The van der Waals surface area contributed by atoms with Gasteiger partial charge < -0.3 is 0 Å². The fraction of sp³-hybridized carbons (Fsp3) is 1.00. The largest absolute Gasteiger partial charge is 0.327 e. The first kappa shape index (κ1) is 12.3. The van der Waals surface area contributed by atoms with E-state index in [2.05, 4.69) is 11.4 Å². The number of hydrogen-bond acceptors (Lipinski definition) is 2. The first-order chi connectivity index (χ1) is 3.91. The van der Waals surface area contributed by atoms with E-state index in [-0.39, 0.29) is 25.8 Å². The Kier molecular flexibility index (Phi) is 15.5. The van der Waals surface area contributed by atoms with E-state index in [1.807, 2.05) is 0 Å². The van der Waals surface area contributed by atoms with Crippen molar-refractivity contribution in [1.82, 2.24) is 0 Å². The first-order valence-corrected chi connectivity index (χ1v) is 3.59. The molecule has 0 fully saturated rings. The van der Waals surface area contributed by atoms with Crippen molar-refractivity contribution in [2.24, 2.45) is 0 Å². The molecule has 0 aromatic heterocycles. The van der Waals surface area contributed by atoms with E-state index in [0.717, 1.165) is 12.8 Å². The Balaban J connectivity index is 0. The molecule has 0 atom stereocenters. The van der Waals surface area contributed by atoms with Gasteiger partial charge in [0.1, 0.15) is 0 Å². The van der Waals surface area contributed by atoms with Crippen molar-refractivity contribution in [3.63, 3.8) is 0 Å². The van der Waals surface area contributed by atoms with Gasteiger partial charge in [-0.2, -0.15) is 0 Å². The zero-order valence-corrected chi connectivity index (χ0v) is 7.44. The summed E-state index contributed by atoms with van der Waals surface area (Å²) < 4.78 is 14.2. The van der Waals surface area contributed by atoms with Gasteiger partial charge in [-0.3, -0.25) is 4.52 Å². The van der Waals surface area contributed by atoms with E-state index in [1.54, 1.807) is 0 Å². The summed E-state index contributed by atoms with van der Waals surface area (Å²) in [7, 11) is -0.189. The second-order valence-electron chi connectivity index (χ2n) is 1.61. The Bertz CT molecular complexity index is 60.9. The molecule has 0 aromatic rings. The zero-order valence-electron chi connectivity index (χ0n) is 5.45. The molecule has 0 aliphatic rings. The second-order valence-corrected chi connectivity index (χ2v) is 2.02. The summed E-state index contributed by atoms with van der Waals surface area (Å²) in [6.07, 6.45) is 3.36. The molecule has 0 heterocycles. The summed E-state index contributed by atoms with van der Waals surface area (Å²) in [4.78, 5) is 0. The summed E-state index contributed by atoms with van der Waals surface area (Å²) in [5.74, 6) is 0. The molecule has 0 bridgehead atoms. The Labute approximate surface area is 68.1 Å². The summed E-state index contributed by atoms with van der Waals surface area (Å²) in [5.41, 5.74) is 0. The van der Waals surface area contributed by atoms with Crippen molar-refractivity contribution in [3.8, 4) is 0 Å². The van der Waals surface area contributed by atoms with Gasteiger partial charge in [-0.25, -0.2) is 4.57 Å². The minimum Gasteiger partial charge on any atom is -0.294 e. The zero-order chi connectivity index (χ0) is 6.24. The van der Waals surface area contributed by atoms with Crippen LogP contribution >= 0.6 is 8.69 Å². The fourth-order valence-electron chi connectivity index (χ4n) is 0.454. The maximum absolute atomic E-state index is 9.64. The van der Waals surface area contributed by atoms with Gasteiger partial charge in [0.2, 0.25) is 0 Å². The normalized spacial score (nSPS) is 9.00. The predicted molar refractivity (Wildman–Crippen MR) is 33.1 cm³/mol. The topological polar surface area (TPSA) is 26.3 Å². The molecule has 0 rings (SSSR count). The van der Waals surface area contributed by atoms with Crippen LogP contribution in [0.1, 0.15) is 26.2 Å². The van der Waals surface area contributed by atoms with E-state index >= 15 is 0 Å². The number of hydrogen-bond donors (Lipinski definition) is 0. The van der Waals surface area contributed by atoms with Crippen LogP contribution in [0, 0.1) is 0 Å². The Morgan fingerprint density at radius 3 is 2.56 bits per heavy atom. The third-order valence-electron chi connectivity index (χ3n) is 0.892. The molecule has 0 unspecified atom stereocenters. The number of unbranched alkanes of at least 4 members (excludes halogenated alkanes) is 2. The average Bonchev–Trinajstić information content (AvgIpc) is 1.81. The maximum Gasteiger partial charge on any atom is 0.327 e.